The van der Waals surface area contributed by atoms with Crippen molar-refractivity contribution >= 4 is 28.4 Å². The van der Waals surface area contributed by atoms with Gasteiger partial charge in [0.05, 0.1) is 27.0 Å². The van der Waals surface area contributed by atoms with Crippen LogP contribution in [0.15, 0.2) is 47.5 Å². The molecule has 0 unspecified atom stereocenters. The maximum absolute atomic E-state index is 5.43. The molecule has 3 rings (SSSR count). The van der Waals surface area contributed by atoms with E-state index < -0.39 is 0 Å². The summed E-state index contributed by atoms with van der Waals surface area (Å²) in [7, 11) is 4.76. The molecule has 0 bridgehead atoms. The Balaban J connectivity index is 1.90. The fourth-order valence-electron chi connectivity index (χ4n) is 2.81. The van der Waals surface area contributed by atoms with Crippen LogP contribution in [0.1, 0.15) is 5.56 Å². The smallest absolute Gasteiger partial charge is 0.203 e. The zero-order chi connectivity index (χ0) is 20.8. The Morgan fingerprint density at radius 3 is 2.31 bits per heavy atom. The van der Waals surface area contributed by atoms with Crippen molar-refractivity contribution in [1.82, 2.24) is 10.2 Å². The van der Waals surface area contributed by atoms with Gasteiger partial charge in [0.25, 0.3) is 0 Å². The summed E-state index contributed by atoms with van der Waals surface area (Å²) in [5.41, 5.74) is 3.81. The first-order valence-corrected chi connectivity index (χ1v) is 10.1. The summed E-state index contributed by atoms with van der Waals surface area (Å²) in [6.45, 7) is 2.05. The van der Waals surface area contributed by atoms with E-state index in [1.165, 1.54) is 11.8 Å². The average Bonchev–Trinajstić information content (AvgIpc) is 3.22. The highest BCUT2D eigenvalue weighted by Crippen LogP contribution is 2.41. The van der Waals surface area contributed by atoms with Gasteiger partial charge in [0.1, 0.15) is 0 Å². The molecule has 0 fully saturated rings. The molecule has 0 amide bonds. The molecule has 3 aromatic rings. The largest absolute Gasteiger partial charge is 0.493 e. The molecular weight excluding hydrogens is 388 g/mol. The molecule has 0 radical (unpaired) electrons. The van der Waals surface area contributed by atoms with Crippen molar-refractivity contribution in [2.45, 2.75) is 6.92 Å². The molecule has 2 N–H and O–H groups in total. The van der Waals surface area contributed by atoms with Gasteiger partial charge in [-0.15, -0.1) is 0 Å². The van der Waals surface area contributed by atoms with E-state index in [2.05, 4.69) is 33.5 Å². The Hall–Kier alpha value is -3.13. The van der Waals surface area contributed by atoms with Crippen molar-refractivity contribution in [1.29, 1.82) is 0 Å². The van der Waals surface area contributed by atoms with Crippen LogP contribution >= 0.6 is 11.8 Å². The number of amidine groups is 1. The standard InChI is InChI=1S/C21H24N4O3S/c1-13-8-6-7-9-15(13)22-21(29-5)23-19-12-16(24-25-19)14-10-17(26-2)20(28-4)18(11-14)27-3/h6-12H,1-5H3,(H2,22,23,24,25). The van der Waals surface area contributed by atoms with Crippen LogP contribution in [0.4, 0.5) is 11.5 Å². The Kier molecular flexibility index (Phi) is 6.66. The first-order valence-electron chi connectivity index (χ1n) is 8.90. The number of hydrogen-bond acceptors (Lipinski definition) is 6. The third-order valence-corrected chi connectivity index (χ3v) is 4.92. The van der Waals surface area contributed by atoms with Crippen LogP contribution in [-0.2, 0) is 0 Å². The Morgan fingerprint density at radius 1 is 1.03 bits per heavy atom. The molecule has 1 aromatic heterocycles. The fraction of sp³-hybridized carbons (Fsp3) is 0.238. The molecule has 0 saturated heterocycles. The molecule has 0 atom stereocenters. The summed E-state index contributed by atoms with van der Waals surface area (Å²) in [5.74, 6) is 2.27. The number of nitrogens with zero attached hydrogens (tertiary/aromatic N) is 2. The number of ether oxygens (including phenoxy) is 3. The van der Waals surface area contributed by atoms with E-state index in [0.29, 0.717) is 23.1 Å². The van der Waals surface area contributed by atoms with Crippen molar-refractivity contribution in [3.05, 3.63) is 48.0 Å². The quantitative estimate of drug-likeness (QED) is 0.444. The Labute approximate surface area is 174 Å². The predicted octanol–water partition coefficient (Wildman–Crippen LogP) is 4.87. The maximum Gasteiger partial charge on any atom is 0.203 e. The highest BCUT2D eigenvalue weighted by molar-refractivity contribution is 8.13. The molecule has 0 aliphatic rings. The second kappa shape index (κ2) is 9.38. The van der Waals surface area contributed by atoms with Gasteiger partial charge < -0.3 is 19.5 Å². The monoisotopic (exact) mass is 412 g/mol. The van der Waals surface area contributed by atoms with Gasteiger partial charge >= 0.3 is 0 Å². The minimum Gasteiger partial charge on any atom is -0.493 e. The summed E-state index contributed by atoms with van der Waals surface area (Å²) >= 11 is 1.52. The number of benzene rings is 2. The van der Waals surface area contributed by atoms with Gasteiger partial charge in [-0.3, -0.25) is 5.10 Å². The number of rotatable bonds is 6. The van der Waals surface area contributed by atoms with Crippen molar-refractivity contribution in [2.24, 2.45) is 4.99 Å². The van der Waals surface area contributed by atoms with E-state index >= 15 is 0 Å². The lowest BCUT2D eigenvalue weighted by molar-refractivity contribution is 0.324. The first-order chi connectivity index (χ1) is 14.1. The summed E-state index contributed by atoms with van der Waals surface area (Å²) in [6.07, 6.45) is 1.97. The number of nitrogens with one attached hydrogen (secondary N) is 2. The van der Waals surface area contributed by atoms with Crippen molar-refractivity contribution < 1.29 is 14.2 Å². The number of methoxy groups -OCH3 is 3. The van der Waals surface area contributed by atoms with Crippen LogP contribution in [0.2, 0.25) is 0 Å². The zero-order valence-corrected chi connectivity index (χ0v) is 17.9. The minimum atomic E-state index is 0.545. The third-order valence-electron chi connectivity index (χ3n) is 4.34. The number of hydrogen-bond donors (Lipinski definition) is 2. The van der Waals surface area contributed by atoms with Crippen molar-refractivity contribution in [3.8, 4) is 28.5 Å². The lowest BCUT2D eigenvalue weighted by Gasteiger charge is -2.13. The van der Waals surface area contributed by atoms with Gasteiger partial charge in [-0.05, 0) is 36.9 Å². The van der Waals surface area contributed by atoms with Crippen LogP contribution in [-0.4, -0.2) is 43.0 Å². The Morgan fingerprint density at radius 2 is 1.72 bits per heavy atom. The van der Waals surface area contributed by atoms with E-state index in [1.807, 2.05) is 42.7 Å². The van der Waals surface area contributed by atoms with Gasteiger partial charge in [-0.2, -0.15) is 5.10 Å². The van der Waals surface area contributed by atoms with Crippen LogP contribution in [0.25, 0.3) is 11.3 Å². The highest BCUT2D eigenvalue weighted by atomic mass is 32.2. The van der Waals surface area contributed by atoms with Crippen molar-refractivity contribution in [3.63, 3.8) is 0 Å². The number of aliphatic imine (C=N–C) groups is 1. The van der Waals surface area contributed by atoms with Gasteiger partial charge in [0, 0.05) is 17.3 Å². The molecule has 0 saturated carbocycles. The number of H-pyrrole nitrogens is 1. The van der Waals surface area contributed by atoms with Gasteiger partial charge in [-0.1, -0.05) is 30.0 Å². The maximum atomic E-state index is 5.43. The minimum absolute atomic E-state index is 0.545. The highest BCUT2D eigenvalue weighted by Gasteiger charge is 2.15. The predicted molar refractivity (Wildman–Crippen MR) is 119 cm³/mol. The fourth-order valence-corrected chi connectivity index (χ4v) is 3.21. The van der Waals surface area contributed by atoms with Crippen LogP contribution < -0.4 is 19.5 Å². The SMILES string of the molecule is COc1cc(-c2cc(N=C(Nc3ccccc3C)SC)n[nH]2)cc(OC)c1OC. The van der Waals surface area contributed by atoms with Gasteiger partial charge in [0.15, 0.2) is 22.5 Å². The number of aryl methyl sites for hydroxylation is 1. The molecule has 1 heterocycles. The van der Waals surface area contributed by atoms with E-state index in [-0.39, 0.29) is 0 Å². The van der Waals surface area contributed by atoms with Gasteiger partial charge in [0.2, 0.25) is 5.75 Å². The topological polar surface area (TPSA) is 80.8 Å². The molecule has 7 nitrogen and oxygen atoms in total. The first kappa shape index (κ1) is 20.6. The second-order valence-electron chi connectivity index (χ2n) is 6.11. The van der Waals surface area contributed by atoms with Crippen LogP contribution in [0.3, 0.4) is 0 Å². The van der Waals surface area contributed by atoms with Crippen LogP contribution in [0.5, 0.6) is 17.2 Å². The normalized spacial score (nSPS) is 11.3. The summed E-state index contributed by atoms with van der Waals surface area (Å²) < 4.78 is 16.2. The molecule has 8 heteroatoms. The zero-order valence-electron chi connectivity index (χ0n) is 17.1. The van der Waals surface area contributed by atoms with Gasteiger partial charge in [-0.25, -0.2) is 4.99 Å². The Bertz CT molecular complexity index is 992. The number of anilines is 1. The summed E-state index contributed by atoms with van der Waals surface area (Å²) in [5, 5.41) is 11.4. The molecule has 29 heavy (non-hydrogen) atoms. The van der Waals surface area contributed by atoms with E-state index in [0.717, 1.165) is 27.7 Å². The molecule has 0 spiro atoms. The molecule has 2 aromatic carbocycles. The van der Waals surface area contributed by atoms with E-state index in [1.54, 1.807) is 21.3 Å². The average molecular weight is 413 g/mol. The molecule has 152 valence electrons. The molecule has 0 aliphatic carbocycles. The number of thioether (sulfide) groups is 1. The van der Waals surface area contributed by atoms with Crippen molar-refractivity contribution in [2.75, 3.05) is 32.9 Å². The number of aromatic amines is 1. The van der Waals surface area contributed by atoms with Crippen LogP contribution in [0, 0.1) is 6.92 Å². The lowest BCUT2D eigenvalue weighted by atomic mass is 10.1. The molecular formula is C21H24N4O3S. The lowest BCUT2D eigenvalue weighted by Crippen LogP contribution is -2.07. The third kappa shape index (κ3) is 4.65. The molecule has 0 aliphatic heterocycles. The number of para-hydroxylation sites is 1. The summed E-state index contributed by atoms with van der Waals surface area (Å²) in [6, 6.07) is 13.7. The van der Waals surface area contributed by atoms with E-state index in [4.69, 9.17) is 14.2 Å². The number of aromatic nitrogens is 2. The second-order valence-corrected chi connectivity index (χ2v) is 6.91. The van der Waals surface area contributed by atoms with E-state index in [9.17, 15) is 0 Å². The summed E-state index contributed by atoms with van der Waals surface area (Å²) in [4.78, 5) is 4.62.